The monoisotopic (exact) mass is 248 g/mol. The molecule has 0 aliphatic heterocycles. The van der Waals surface area contributed by atoms with Gasteiger partial charge in [0.25, 0.3) is 0 Å². The molecule has 0 fully saturated rings. The van der Waals surface area contributed by atoms with E-state index in [2.05, 4.69) is 6.92 Å². The van der Waals surface area contributed by atoms with Gasteiger partial charge in [-0.05, 0) is 0 Å². The van der Waals surface area contributed by atoms with Gasteiger partial charge in [0, 0.05) is 0 Å². The summed E-state index contributed by atoms with van der Waals surface area (Å²) in [7, 11) is 0. The van der Waals surface area contributed by atoms with Crippen LogP contribution in [0.2, 0.25) is 0 Å². The quantitative estimate of drug-likeness (QED) is 0.277. The normalized spacial score (nSPS) is 9.94. The molecular formula is C15H29NaO. The third-order valence-electron chi connectivity index (χ3n) is 3.13. The van der Waals surface area contributed by atoms with E-state index in [1.165, 1.54) is 70.6 Å². The van der Waals surface area contributed by atoms with Crippen molar-refractivity contribution in [3.05, 3.63) is 0 Å². The maximum Gasteiger partial charge on any atom is 1.00 e. The van der Waals surface area contributed by atoms with E-state index in [1.807, 2.05) is 6.29 Å². The Morgan fingerprint density at radius 3 is 1.35 bits per heavy atom. The zero-order valence-corrected chi connectivity index (χ0v) is 14.1. The summed E-state index contributed by atoms with van der Waals surface area (Å²) >= 11 is 0. The zero-order valence-electron chi connectivity index (χ0n) is 12.1. The van der Waals surface area contributed by atoms with Crippen LogP contribution in [-0.2, 0) is 4.79 Å². The van der Waals surface area contributed by atoms with Crippen LogP contribution in [0, 0.1) is 0 Å². The average molecular weight is 248 g/mol. The molecule has 0 aliphatic rings. The van der Waals surface area contributed by atoms with Gasteiger partial charge >= 0.3 is 29.6 Å². The van der Waals surface area contributed by atoms with Gasteiger partial charge in [-0.1, -0.05) is 84.0 Å². The summed E-state index contributed by atoms with van der Waals surface area (Å²) in [6.45, 7) is 2.27. The maximum absolute atomic E-state index is 9.96. The van der Waals surface area contributed by atoms with E-state index in [0.717, 1.165) is 6.42 Å². The van der Waals surface area contributed by atoms with Gasteiger partial charge in [-0.25, -0.2) is 0 Å². The van der Waals surface area contributed by atoms with Crippen LogP contribution in [0.15, 0.2) is 0 Å². The van der Waals surface area contributed by atoms with Crippen molar-refractivity contribution in [2.75, 3.05) is 0 Å². The van der Waals surface area contributed by atoms with Crippen LogP contribution >= 0.6 is 0 Å². The fourth-order valence-electron chi connectivity index (χ4n) is 2.04. The molecule has 0 radical (unpaired) electrons. The Bertz CT molecular complexity index is 137. The standard InChI is InChI=1S/C15H29O.Na/c1-2-3-4-5-6-7-8-9-10-11-12-13-14-15-16;/h2-14H2,1H3;/q-1;+1. The predicted octanol–water partition coefficient (Wildman–Crippen LogP) is 2.19. The van der Waals surface area contributed by atoms with Crippen LogP contribution in [0.25, 0.3) is 0 Å². The van der Waals surface area contributed by atoms with Gasteiger partial charge in [0.05, 0.1) is 0 Å². The molecule has 0 rings (SSSR count). The van der Waals surface area contributed by atoms with Crippen LogP contribution in [0.1, 0.15) is 90.4 Å². The van der Waals surface area contributed by atoms with Gasteiger partial charge in [0.2, 0.25) is 0 Å². The summed E-state index contributed by atoms with van der Waals surface area (Å²) in [5.74, 6) is 0. The van der Waals surface area contributed by atoms with Gasteiger partial charge in [0.1, 0.15) is 0 Å². The Kier molecular flexibility index (Phi) is 22.4. The first-order valence-electron chi connectivity index (χ1n) is 7.26. The van der Waals surface area contributed by atoms with Crippen molar-refractivity contribution in [2.24, 2.45) is 0 Å². The van der Waals surface area contributed by atoms with Crippen LogP contribution in [0.3, 0.4) is 0 Å². The molecule has 0 saturated heterocycles. The van der Waals surface area contributed by atoms with Gasteiger partial charge in [-0.15, -0.1) is 0 Å². The van der Waals surface area contributed by atoms with Crippen molar-refractivity contribution in [3.8, 4) is 0 Å². The predicted molar refractivity (Wildman–Crippen MR) is 71.4 cm³/mol. The second-order valence-electron chi connectivity index (χ2n) is 4.78. The molecule has 0 saturated carbocycles. The third-order valence-corrected chi connectivity index (χ3v) is 3.13. The number of carbonyl (C=O) groups excluding carboxylic acids is 1. The number of unbranched alkanes of at least 4 members (excludes halogenated alkanes) is 12. The molecule has 0 aliphatic carbocycles. The smallest absolute Gasteiger partial charge is 0.542 e. The van der Waals surface area contributed by atoms with E-state index in [9.17, 15) is 4.79 Å². The molecule has 0 aromatic rings. The topological polar surface area (TPSA) is 17.1 Å². The number of hydrogen-bond acceptors (Lipinski definition) is 1. The van der Waals surface area contributed by atoms with E-state index < -0.39 is 0 Å². The summed E-state index contributed by atoms with van der Waals surface area (Å²) < 4.78 is 0. The molecule has 0 amide bonds. The second kappa shape index (κ2) is 19.0. The molecule has 17 heavy (non-hydrogen) atoms. The van der Waals surface area contributed by atoms with E-state index >= 15 is 0 Å². The Morgan fingerprint density at radius 1 is 0.647 bits per heavy atom. The molecule has 0 unspecified atom stereocenters. The van der Waals surface area contributed by atoms with Crippen LogP contribution in [0.4, 0.5) is 0 Å². The Hall–Kier alpha value is 0.670. The van der Waals surface area contributed by atoms with Crippen molar-refractivity contribution in [2.45, 2.75) is 90.4 Å². The SMILES string of the molecule is CCCCCCCCCCCCCC[C-]=O.[Na+]. The van der Waals surface area contributed by atoms with Crippen LogP contribution < -0.4 is 29.6 Å². The summed E-state index contributed by atoms with van der Waals surface area (Å²) in [6, 6.07) is 0. The summed E-state index contributed by atoms with van der Waals surface area (Å²) in [5.41, 5.74) is 0. The largest absolute Gasteiger partial charge is 1.00 e. The number of rotatable bonds is 13. The summed E-state index contributed by atoms with van der Waals surface area (Å²) in [5, 5.41) is 0. The molecule has 96 valence electrons. The van der Waals surface area contributed by atoms with Crippen LogP contribution in [0.5, 0.6) is 0 Å². The molecule has 0 atom stereocenters. The average Bonchev–Trinajstić information content (AvgIpc) is 2.31. The minimum atomic E-state index is 0. The van der Waals surface area contributed by atoms with Gasteiger partial charge < -0.3 is 4.79 Å². The van der Waals surface area contributed by atoms with Crippen molar-refractivity contribution in [1.82, 2.24) is 0 Å². The van der Waals surface area contributed by atoms with Gasteiger partial charge in [-0.3, -0.25) is 6.29 Å². The van der Waals surface area contributed by atoms with E-state index in [0.29, 0.717) is 6.42 Å². The van der Waals surface area contributed by atoms with Gasteiger partial charge in [-0.2, -0.15) is 6.42 Å². The van der Waals surface area contributed by atoms with E-state index in [1.54, 1.807) is 0 Å². The Morgan fingerprint density at radius 2 is 1.00 bits per heavy atom. The van der Waals surface area contributed by atoms with Crippen LogP contribution in [-0.4, -0.2) is 6.29 Å². The maximum atomic E-state index is 9.96. The summed E-state index contributed by atoms with van der Waals surface area (Å²) in [6.07, 6.45) is 18.8. The van der Waals surface area contributed by atoms with Crippen molar-refractivity contribution >= 4 is 6.29 Å². The molecule has 1 nitrogen and oxygen atoms in total. The molecule has 2 heteroatoms. The van der Waals surface area contributed by atoms with E-state index in [4.69, 9.17) is 0 Å². The van der Waals surface area contributed by atoms with Crippen molar-refractivity contribution in [1.29, 1.82) is 0 Å². The first-order chi connectivity index (χ1) is 7.91. The molecule has 0 bridgehead atoms. The fraction of sp³-hybridized carbons (Fsp3) is 0.933. The second-order valence-corrected chi connectivity index (χ2v) is 4.78. The minimum absolute atomic E-state index is 0. The Balaban J connectivity index is 0. The van der Waals surface area contributed by atoms with Crippen molar-refractivity contribution < 1.29 is 34.4 Å². The molecule has 0 aromatic carbocycles. The van der Waals surface area contributed by atoms with Crippen molar-refractivity contribution in [3.63, 3.8) is 0 Å². The first kappa shape index (κ1) is 20.0. The van der Waals surface area contributed by atoms with Gasteiger partial charge in [0.15, 0.2) is 0 Å². The third kappa shape index (κ3) is 19.2. The molecule has 0 heterocycles. The minimum Gasteiger partial charge on any atom is -0.542 e. The zero-order chi connectivity index (χ0) is 11.9. The van der Waals surface area contributed by atoms with E-state index in [-0.39, 0.29) is 29.6 Å². The number of hydrogen-bond donors (Lipinski definition) is 0. The first-order valence-corrected chi connectivity index (χ1v) is 7.26. The molecule has 0 N–H and O–H groups in total. The molecule has 0 spiro atoms. The summed E-state index contributed by atoms with van der Waals surface area (Å²) in [4.78, 5) is 9.96. The molecule has 0 aromatic heterocycles. The fourth-order valence-corrected chi connectivity index (χ4v) is 2.04. The Labute approximate surface area is 130 Å². The molecular weight excluding hydrogens is 219 g/mol.